The molecule has 8 N–H and O–H groups in total. The van der Waals surface area contributed by atoms with E-state index in [4.69, 9.17) is 15.0 Å². The number of ether oxygens (including phenoxy) is 1. The lowest BCUT2D eigenvalue weighted by Gasteiger charge is -2.34. The molecule has 0 aromatic carbocycles. The van der Waals surface area contributed by atoms with Gasteiger partial charge in [0.2, 0.25) is 5.95 Å². The summed E-state index contributed by atoms with van der Waals surface area (Å²) < 4.78 is 24.1. The Morgan fingerprint density at radius 3 is 2.42 bits per heavy atom. The van der Waals surface area contributed by atoms with Gasteiger partial charge in [0.05, 0.1) is 11.7 Å². The fraction of sp³-hybridized carbons (Fsp3) is 0.688. The van der Waals surface area contributed by atoms with Crippen LogP contribution in [-0.4, -0.2) is 69.0 Å². The fourth-order valence-electron chi connectivity index (χ4n) is 3.34. The van der Waals surface area contributed by atoms with Gasteiger partial charge in [-0.1, -0.05) is 0 Å². The van der Waals surface area contributed by atoms with E-state index in [-0.39, 0.29) is 23.5 Å². The van der Waals surface area contributed by atoms with Crippen LogP contribution in [-0.2, 0) is 13.8 Å². The summed E-state index contributed by atoms with van der Waals surface area (Å²) in [6.45, 7) is 5.12. The number of hydrogen-bond donors (Lipinski definition) is 7. The number of nitrogens with two attached hydrogens (primary N) is 1. The van der Waals surface area contributed by atoms with Gasteiger partial charge in [0, 0.05) is 6.42 Å². The van der Waals surface area contributed by atoms with Crippen molar-refractivity contribution in [3.63, 3.8) is 0 Å². The smallest absolute Gasteiger partial charge is 0.359 e. The number of nitrogens with one attached hydrogen (secondary N) is 2. The summed E-state index contributed by atoms with van der Waals surface area (Å²) in [4.78, 5) is 42.8. The highest BCUT2D eigenvalue weighted by molar-refractivity contribution is 7.54. The minimum atomic E-state index is -4.47. The molecule has 15 heteroatoms. The van der Waals surface area contributed by atoms with E-state index in [1.165, 1.54) is 13.8 Å². The second-order valence-corrected chi connectivity index (χ2v) is 10.9. The molecule has 2 aromatic rings. The van der Waals surface area contributed by atoms with E-state index in [0.29, 0.717) is 0 Å². The SMILES string of the molecule is CC(C)(C[C@H]1O[C@@H](n2c(=O)[nH]c3c(=O)[nH]c(N)nc32)[C@H](O)[C@@H]1O)OP(=O)(O)C(C)(C)O. The average molecular weight is 463 g/mol. The van der Waals surface area contributed by atoms with E-state index < -0.39 is 54.3 Å². The molecule has 1 aliphatic heterocycles. The molecule has 1 saturated heterocycles. The van der Waals surface area contributed by atoms with Crippen molar-refractivity contribution in [1.29, 1.82) is 0 Å². The Kier molecular flexibility index (Phi) is 5.72. The number of aromatic nitrogens is 4. The first-order valence-electron chi connectivity index (χ1n) is 9.32. The zero-order valence-corrected chi connectivity index (χ0v) is 18.2. The van der Waals surface area contributed by atoms with Crippen LogP contribution in [0.4, 0.5) is 5.95 Å². The molecule has 0 amide bonds. The summed E-state index contributed by atoms with van der Waals surface area (Å²) >= 11 is 0. The van der Waals surface area contributed by atoms with E-state index in [2.05, 4.69) is 15.0 Å². The van der Waals surface area contributed by atoms with Crippen LogP contribution in [0.3, 0.4) is 0 Å². The number of anilines is 1. The lowest BCUT2D eigenvalue weighted by molar-refractivity contribution is -0.0641. The van der Waals surface area contributed by atoms with Crippen LogP contribution >= 0.6 is 7.60 Å². The molecule has 0 spiro atoms. The molecule has 3 rings (SSSR count). The number of nitrogens with zero attached hydrogens (tertiary/aromatic N) is 2. The quantitative estimate of drug-likeness (QED) is 0.249. The Morgan fingerprint density at radius 1 is 1.23 bits per heavy atom. The number of imidazole rings is 1. The lowest BCUT2D eigenvalue weighted by Crippen LogP contribution is -2.38. The number of hydrogen-bond acceptors (Lipinski definition) is 10. The summed E-state index contributed by atoms with van der Waals surface area (Å²) in [7, 11) is -4.47. The number of H-pyrrole nitrogens is 2. The summed E-state index contributed by atoms with van der Waals surface area (Å²) in [6.07, 6.45) is -5.86. The molecule has 5 atom stereocenters. The van der Waals surface area contributed by atoms with Gasteiger partial charge < -0.3 is 35.2 Å². The van der Waals surface area contributed by atoms with E-state index in [0.717, 1.165) is 18.4 Å². The number of aliphatic hydroxyl groups is 3. The summed E-state index contributed by atoms with van der Waals surface area (Å²) in [5, 5.41) is 28.8. The molecule has 31 heavy (non-hydrogen) atoms. The van der Waals surface area contributed by atoms with Crippen LogP contribution in [0.5, 0.6) is 0 Å². The van der Waals surface area contributed by atoms with Crippen LogP contribution in [0, 0.1) is 0 Å². The highest BCUT2D eigenvalue weighted by Crippen LogP contribution is 2.57. The van der Waals surface area contributed by atoms with Gasteiger partial charge in [-0.2, -0.15) is 4.98 Å². The molecular weight excluding hydrogens is 437 g/mol. The normalized spacial score (nSPS) is 27.0. The fourth-order valence-corrected chi connectivity index (χ4v) is 4.31. The van der Waals surface area contributed by atoms with Gasteiger partial charge >= 0.3 is 13.3 Å². The van der Waals surface area contributed by atoms with Crippen LogP contribution in [0.1, 0.15) is 40.3 Å². The van der Waals surface area contributed by atoms with Crippen molar-refractivity contribution in [2.75, 3.05) is 5.73 Å². The third-order valence-corrected chi connectivity index (χ3v) is 7.07. The van der Waals surface area contributed by atoms with Gasteiger partial charge in [0.25, 0.3) is 5.56 Å². The van der Waals surface area contributed by atoms with Crippen molar-refractivity contribution in [2.45, 2.75) is 69.6 Å². The number of nitrogen functional groups attached to an aromatic ring is 1. The van der Waals surface area contributed by atoms with E-state index in [9.17, 15) is 34.4 Å². The van der Waals surface area contributed by atoms with Crippen molar-refractivity contribution in [3.8, 4) is 0 Å². The van der Waals surface area contributed by atoms with Crippen molar-refractivity contribution < 1.29 is 34.0 Å². The van der Waals surface area contributed by atoms with Crippen molar-refractivity contribution >= 4 is 24.7 Å². The van der Waals surface area contributed by atoms with Gasteiger partial charge in [-0.15, -0.1) is 0 Å². The lowest BCUT2D eigenvalue weighted by atomic mass is 9.97. The Balaban J connectivity index is 1.90. The molecule has 1 fully saturated rings. The van der Waals surface area contributed by atoms with Crippen LogP contribution < -0.4 is 17.0 Å². The minimum absolute atomic E-state index is 0.180. The molecular formula is C16H26N5O9P. The first-order valence-corrected chi connectivity index (χ1v) is 10.9. The zero-order valence-electron chi connectivity index (χ0n) is 17.3. The van der Waals surface area contributed by atoms with E-state index in [1.54, 1.807) is 0 Å². The monoisotopic (exact) mass is 463 g/mol. The molecule has 3 heterocycles. The second-order valence-electron chi connectivity index (χ2n) is 8.57. The van der Waals surface area contributed by atoms with Crippen LogP contribution in [0.2, 0.25) is 0 Å². The van der Waals surface area contributed by atoms with Gasteiger partial charge in [-0.25, -0.2) is 9.36 Å². The molecule has 0 aliphatic carbocycles. The molecule has 2 aromatic heterocycles. The molecule has 0 saturated carbocycles. The molecule has 0 bridgehead atoms. The molecule has 1 unspecified atom stereocenters. The first-order chi connectivity index (χ1) is 14.0. The largest absolute Gasteiger partial charge is 0.388 e. The third kappa shape index (κ3) is 4.32. The standard InChI is InChI=1S/C16H26N5O9P/c1-15(2,30-31(27,28)16(3,4)26)5-6-8(22)9(23)12(29-6)21-10-7(18-14(21)25)11(24)20-13(17)19-10/h6,8-9,12,22-23,26H,5H2,1-4H3,(H,18,25)(H,27,28)(H3,17,19,20,24)/t6-,8-,9-,12-/m1/s1. The Morgan fingerprint density at radius 2 is 1.84 bits per heavy atom. The Hall–Kier alpha value is -2.06. The molecule has 14 nitrogen and oxygen atoms in total. The second kappa shape index (κ2) is 7.52. The number of aromatic amines is 2. The van der Waals surface area contributed by atoms with Crippen LogP contribution in [0.15, 0.2) is 9.59 Å². The maximum absolute atomic E-state index is 12.4. The predicted molar refractivity (Wildman–Crippen MR) is 107 cm³/mol. The molecule has 174 valence electrons. The number of fused-ring (bicyclic) bond motifs is 1. The first kappa shape index (κ1) is 23.6. The number of aliphatic hydroxyl groups excluding tert-OH is 2. The van der Waals surface area contributed by atoms with Gasteiger partial charge in [0.1, 0.15) is 12.2 Å². The zero-order chi connectivity index (χ0) is 23.5. The predicted octanol–water partition coefficient (Wildman–Crippen LogP) is -1.29. The molecule has 0 radical (unpaired) electrons. The Labute approximate surface area is 175 Å². The third-order valence-electron chi connectivity index (χ3n) is 4.94. The maximum atomic E-state index is 12.4. The van der Waals surface area contributed by atoms with Crippen LogP contribution in [0.25, 0.3) is 11.2 Å². The van der Waals surface area contributed by atoms with Crippen molar-refractivity contribution in [1.82, 2.24) is 19.5 Å². The van der Waals surface area contributed by atoms with Gasteiger partial charge in [-0.05, 0) is 27.7 Å². The topological polar surface area (TPSA) is 226 Å². The highest BCUT2D eigenvalue weighted by Gasteiger charge is 2.49. The summed E-state index contributed by atoms with van der Waals surface area (Å²) in [5.41, 5.74) is 2.25. The van der Waals surface area contributed by atoms with Gasteiger partial charge in [0.15, 0.2) is 22.7 Å². The summed E-state index contributed by atoms with van der Waals surface area (Å²) in [5.74, 6) is -0.269. The highest BCUT2D eigenvalue weighted by atomic mass is 31.2. The van der Waals surface area contributed by atoms with E-state index in [1.807, 2.05) is 0 Å². The number of rotatable bonds is 6. The van der Waals surface area contributed by atoms with Gasteiger partial charge in [-0.3, -0.25) is 19.3 Å². The Bertz CT molecular complexity index is 1150. The van der Waals surface area contributed by atoms with Crippen molar-refractivity contribution in [3.05, 3.63) is 20.8 Å². The summed E-state index contributed by atoms with van der Waals surface area (Å²) in [6, 6.07) is 0. The van der Waals surface area contributed by atoms with Crippen molar-refractivity contribution in [2.24, 2.45) is 0 Å². The molecule has 1 aliphatic rings. The van der Waals surface area contributed by atoms with E-state index >= 15 is 0 Å². The average Bonchev–Trinajstić information content (AvgIpc) is 3.03. The maximum Gasteiger partial charge on any atom is 0.359 e. The minimum Gasteiger partial charge on any atom is -0.388 e.